The molecule has 3 heteroatoms. The van der Waals surface area contributed by atoms with Crippen molar-refractivity contribution in [1.82, 2.24) is 0 Å². The molecule has 0 amide bonds. The molecular weight excluding hydrogens is 102 g/mol. The van der Waals surface area contributed by atoms with Gasteiger partial charge in [0.2, 0.25) is 16.3 Å². The van der Waals surface area contributed by atoms with E-state index >= 15 is 0 Å². The van der Waals surface area contributed by atoms with Gasteiger partial charge in [0.25, 0.3) is 0 Å². The fraction of sp³-hybridized carbons (Fsp3) is 1.00. The van der Waals surface area contributed by atoms with Crippen molar-refractivity contribution in [2.75, 3.05) is 0 Å². The molecule has 0 aliphatic rings. The average Bonchev–Trinajstić information content (AvgIpc) is 0.722. The summed E-state index contributed by atoms with van der Waals surface area (Å²) in [5, 5.41) is 8.25. The molecular formula is C2H4AlClO. The minimum Gasteiger partial charge on any atom is -0.393 e. The van der Waals surface area contributed by atoms with Gasteiger partial charge in [0.1, 0.15) is 0 Å². The fourth-order valence-electron chi connectivity index (χ4n) is 0. The Labute approximate surface area is 44.4 Å². The van der Waals surface area contributed by atoms with Gasteiger partial charge >= 0.3 is 0 Å². The van der Waals surface area contributed by atoms with E-state index in [1.54, 1.807) is 0 Å². The zero-order valence-corrected chi connectivity index (χ0v) is 4.81. The highest BCUT2D eigenvalue weighted by atomic mass is 35.5. The second-order valence-electron chi connectivity index (χ2n) is 1.02. The maximum absolute atomic E-state index is 8.25. The summed E-state index contributed by atoms with van der Waals surface area (Å²) < 4.78 is -1.11. The van der Waals surface area contributed by atoms with Crippen LogP contribution in [0, 0.1) is 0 Å². The molecule has 0 aliphatic heterocycles. The largest absolute Gasteiger partial charge is 0.393 e. The van der Waals surface area contributed by atoms with Crippen molar-refractivity contribution < 1.29 is 5.11 Å². The Hall–Kier alpha value is 0.782. The molecule has 0 spiro atoms. The molecule has 0 fully saturated rings. The molecule has 1 unspecified atom stereocenters. The van der Waals surface area contributed by atoms with Crippen molar-refractivity contribution in [3.63, 3.8) is 0 Å². The van der Waals surface area contributed by atoms with Crippen LogP contribution in [0.2, 0.25) is 0 Å². The summed E-state index contributed by atoms with van der Waals surface area (Å²) in [6, 6.07) is 0. The minimum absolute atomic E-state index is 1.11. The third-order valence-corrected chi connectivity index (χ3v) is 0. The van der Waals surface area contributed by atoms with Crippen LogP contribution in [0.15, 0.2) is 0 Å². The molecule has 0 aromatic carbocycles. The normalized spacial score (nSPS) is 21.4. The Kier molecular flexibility index (Phi) is 1.72. The molecule has 0 bridgehead atoms. The summed E-state index contributed by atoms with van der Waals surface area (Å²) in [6.07, 6.45) is 0. The van der Waals surface area contributed by atoms with Gasteiger partial charge in [-0.15, -0.1) is 11.6 Å². The predicted octanol–water partition coefficient (Wildman–Crippen LogP) is 0.0597. The third kappa shape index (κ3) is 60.5. The highest BCUT2D eigenvalue weighted by Gasteiger charge is 2.00. The molecule has 0 aromatic heterocycles. The number of aliphatic hydroxyl groups is 1. The van der Waals surface area contributed by atoms with Crippen molar-refractivity contribution >= 4 is 27.9 Å². The van der Waals surface area contributed by atoms with Crippen molar-refractivity contribution in [1.29, 1.82) is 0 Å². The topological polar surface area (TPSA) is 20.2 Å². The standard InChI is InChI=1S/C2H4ClO.Al/c1-2(3)4;/h4H,1H3;. The molecule has 5 heavy (non-hydrogen) atoms. The summed E-state index contributed by atoms with van der Waals surface area (Å²) in [4.78, 5) is 0. The molecule has 0 saturated heterocycles. The Morgan fingerprint density at radius 3 is 2.00 bits per heavy atom. The zero-order chi connectivity index (χ0) is 4.50. The van der Waals surface area contributed by atoms with E-state index in [4.69, 9.17) is 16.7 Å². The third-order valence-electron chi connectivity index (χ3n) is 0. The van der Waals surface area contributed by atoms with E-state index in [0.717, 1.165) is 0 Å². The zero-order valence-electron chi connectivity index (χ0n) is 2.90. The monoisotopic (exact) mass is 106 g/mol. The SMILES string of the molecule is C[C](O)([Al])Cl. The molecule has 0 aromatic rings. The first kappa shape index (κ1) is 5.78. The molecule has 0 rings (SSSR count). The van der Waals surface area contributed by atoms with E-state index in [1.807, 2.05) is 16.3 Å². The van der Waals surface area contributed by atoms with E-state index in [0.29, 0.717) is 0 Å². The summed E-state index contributed by atoms with van der Waals surface area (Å²) in [6.45, 7) is 1.47. The molecule has 0 heterocycles. The highest BCUT2D eigenvalue weighted by Crippen LogP contribution is 1.98. The number of halogens is 1. The van der Waals surface area contributed by atoms with E-state index in [1.165, 1.54) is 6.92 Å². The highest BCUT2D eigenvalue weighted by molar-refractivity contribution is 6.42. The quantitative estimate of drug-likeness (QED) is 0.342. The predicted molar refractivity (Wildman–Crippen MR) is 22.2 cm³/mol. The van der Waals surface area contributed by atoms with Crippen LogP contribution in [-0.2, 0) is 0 Å². The molecule has 1 nitrogen and oxygen atoms in total. The summed E-state index contributed by atoms with van der Waals surface area (Å²) in [7, 11) is 0. The minimum atomic E-state index is -1.11. The van der Waals surface area contributed by atoms with Crippen LogP contribution in [0.3, 0.4) is 0 Å². The first-order chi connectivity index (χ1) is 2.00. The second kappa shape index (κ2) is 1.49. The Balaban J connectivity index is 3.02. The van der Waals surface area contributed by atoms with Gasteiger partial charge < -0.3 is 5.11 Å². The Bertz CT molecular complexity index is 25.1. The first-order valence-electron chi connectivity index (χ1n) is 1.20. The molecule has 0 saturated carbocycles. The van der Waals surface area contributed by atoms with Crippen molar-refractivity contribution in [2.45, 2.75) is 10.8 Å². The van der Waals surface area contributed by atoms with Crippen LogP contribution in [0.5, 0.6) is 0 Å². The van der Waals surface area contributed by atoms with E-state index in [-0.39, 0.29) is 0 Å². The van der Waals surface area contributed by atoms with Gasteiger partial charge in [-0.25, -0.2) is 0 Å². The van der Waals surface area contributed by atoms with Crippen LogP contribution >= 0.6 is 11.6 Å². The lowest BCUT2D eigenvalue weighted by Crippen LogP contribution is -2.12. The molecule has 2 radical (unpaired) electrons. The van der Waals surface area contributed by atoms with Gasteiger partial charge in [0, 0.05) is 0 Å². The van der Waals surface area contributed by atoms with Gasteiger partial charge in [0.05, 0.1) is 3.92 Å². The number of hydrogen-bond acceptors (Lipinski definition) is 1. The fourth-order valence-corrected chi connectivity index (χ4v) is 0. The maximum Gasteiger partial charge on any atom is 0.203 e. The lowest BCUT2D eigenvalue weighted by molar-refractivity contribution is 0.235. The smallest absolute Gasteiger partial charge is 0.203 e. The van der Waals surface area contributed by atoms with Gasteiger partial charge in [0.15, 0.2) is 0 Å². The van der Waals surface area contributed by atoms with E-state index in [9.17, 15) is 0 Å². The molecule has 0 aliphatic carbocycles. The van der Waals surface area contributed by atoms with Crippen molar-refractivity contribution in [3.8, 4) is 0 Å². The van der Waals surface area contributed by atoms with Gasteiger partial charge in [-0.2, -0.15) is 0 Å². The second-order valence-corrected chi connectivity index (χ2v) is 3.28. The summed E-state index contributed by atoms with van der Waals surface area (Å²) in [5.74, 6) is 0. The van der Waals surface area contributed by atoms with Crippen molar-refractivity contribution in [3.05, 3.63) is 0 Å². The number of alkyl halides is 1. The van der Waals surface area contributed by atoms with Gasteiger partial charge in [-0.1, -0.05) is 0 Å². The van der Waals surface area contributed by atoms with Crippen molar-refractivity contribution in [2.24, 2.45) is 0 Å². The number of rotatable bonds is 0. The van der Waals surface area contributed by atoms with Gasteiger partial charge in [-0.3, -0.25) is 0 Å². The molecule has 1 atom stereocenters. The van der Waals surface area contributed by atoms with E-state index < -0.39 is 3.92 Å². The van der Waals surface area contributed by atoms with Crippen LogP contribution in [-0.4, -0.2) is 25.3 Å². The summed E-state index contributed by atoms with van der Waals surface area (Å²) >= 11 is 7.08. The van der Waals surface area contributed by atoms with Gasteiger partial charge in [-0.05, 0) is 6.92 Å². The van der Waals surface area contributed by atoms with E-state index in [2.05, 4.69) is 0 Å². The lowest BCUT2D eigenvalue weighted by atomic mass is 10.9. The molecule has 28 valence electrons. The summed E-state index contributed by atoms with van der Waals surface area (Å²) in [5.41, 5.74) is 0. The number of hydrogen-bond donors (Lipinski definition) is 1. The lowest BCUT2D eigenvalue weighted by Gasteiger charge is -2.03. The van der Waals surface area contributed by atoms with Crippen LogP contribution < -0.4 is 0 Å². The van der Waals surface area contributed by atoms with Crippen LogP contribution in [0.1, 0.15) is 6.92 Å². The Morgan fingerprint density at radius 1 is 2.00 bits per heavy atom. The molecule has 1 N–H and O–H groups in total. The van der Waals surface area contributed by atoms with Crippen LogP contribution in [0.4, 0.5) is 0 Å². The average molecular weight is 106 g/mol. The Morgan fingerprint density at radius 2 is 2.00 bits per heavy atom. The maximum atomic E-state index is 8.25. The van der Waals surface area contributed by atoms with Crippen LogP contribution in [0.25, 0.3) is 0 Å². The first-order valence-corrected chi connectivity index (χ1v) is 2.16.